The summed E-state index contributed by atoms with van der Waals surface area (Å²) in [5.41, 5.74) is 0.918. The molecule has 0 radical (unpaired) electrons. The lowest BCUT2D eigenvalue weighted by Crippen LogP contribution is -2.18. The van der Waals surface area contributed by atoms with Gasteiger partial charge in [0.1, 0.15) is 5.56 Å². The van der Waals surface area contributed by atoms with E-state index in [1.165, 1.54) is 6.20 Å². The molecule has 0 aliphatic heterocycles. The predicted molar refractivity (Wildman–Crippen MR) is 90.4 cm³/mol. The molecular weight excluding hydrogens is 310 g/mol. The third-order valence-electron chi connectivity index (χ3n) is 3.99. The van der Waals surface area contributed by atoms with E-state index < -0.39 is 11.4 Å². The molecule has 0 bridgehead atoms. The highest BCUT2D eigenvalue weighted by molar-refractivity contribution is 5.93. The number of aromatic carboxylic acids is 1. The standard InChI is InChI=1S/C18H19NO5/c20-7-9-24-8-1-2-12-3-6-16-14(10-12)17(21)15(18(22)23)11-19(16)13-4-5-13/h1-3,6,10-11,13,20H,4-5,7-9H2,(H,22,23)/b2-1+. The number of pyridine rings is 1. The van der Waals surface area contributed by atoms with Crippen molar-refractivity contribution in [3.05, 3.63) is 51.8 Å². The van der Waals surface area contributed by atoms with Crippen molar-refractivity contribution in [3.8, 4) is 0 Å². The number of carboxylic acid groups (broad SMARTS) is 1. The Kier molecular flexibility index (Phi) is 4.78. The molecule has 2 aromatic rings. The molecule has 6 heteroatoms. The summed E-state index contributed by atoms with van der Waals surface area (Å²) in [5.74, 6) is -1.20. The van der Waals surface area contributed by atoms with Crippen LogP contribution in [0.15, 0.2) is 35.3 Å². The van der Waals surface area contributed by atoms with Crippen LogP contribution in [0.2, 0.25) is 0 Å². The number of benzene rings is 1. The molecule has 1 aliphatic rings. The van der Waals surface area contributed by atoms with Crippen LogP contribution in [0, 0.1) is 0 Å². The number of aliphatic hydroxyl groups is 1. The molecule has 1 fully saturated rings. The smallest absolute Gasteiger partial charge is 0.341 e. The minimum Gasteiger partial charge on any atom is -0.477 e. The fourth-order valence-electron chi connectivity index (χ4n) is 2.68. The lowest BCUT2D eigenvalue weighted by Gasteiger charge is -2.11. The zero-order valence-corrected chi connectivity index (χ0v) is 13.1. The summed E-state index contributed by atoms with van der Waals surface area (Å²) in [7, 11) is 0. The van der Waals surface area contributed by atoms with Gasteiger partial charge in [0.15, 0.2) is 0 Å². The van der Waals surface area contributed by atoms with E-state index in [2.05, 4.69) is 0 Å². The normalized spacial score (nSPS) is 14.5. The summed E-state index contributed by atoms with van der Waals surface area (Å²) in [6, 6.07) is 5.74. The average molecular weight is 329 g/mol. The van der Waals surface area contributed by atoms with E-state index in [1.54, 1.807) is 12.1 Å². The fourth-order valence-corrected chi connectivity index (χ4v) is 2.68. The third-order valence-corrected chi connectivity index (χ3v) is 3.99. The first-order chi connectivity index (χ1) is 11.6. The molecule has 1 aromatic heterocycles. The molecule has 0 atom stereocenters. The summed E-state index contributed by atoms with van der Waals surface area (Å²) in [5, 5.41) is 18.3. The van der Waals surface area contributed by atoms with Gasteiger partial charge in [-0.3, -0.25) is 4.79 Å². The van der Waals surface area contributed by atoms with Crippen molar-refractivity contribution in [2.75, 3.05) is 19.8 Å². The zero-order valence-electron chi connectivity index (χ0n) is 13.1. The van der Waals surface area contributed by atoms with Crippen LogP contribution in [0.5, 0.6) is 0 Å². The maximum absolute atomic E-state index is 12.5. The maximum atomic E-state index is 12.5. The second-order valence-corrected chi connectivity index (χ2v) is 5.79. The van der Waals surface area contributed by atoms with Crippen LogP contribution >= 0.6 is 0 Å². The molecule has 126 valence electrons. The first-order valence-electron chi connectivity index (χ1n) is 7.89. The second-order valence-electron chi connectivity index (χ2n) is 5.79. The Bertz CT molecular complexity index is 848. The van der Waals surface area contributed by atoms with Gasteiger partial charge in [0, 0.05) is 17.6 Å². The Balaban J connectivity index is 2.00. The van der Waals surface area contributed by atoms with Crippen molar-refractivity contribution >= 4 is 22.9 Å². The van der Waals surface area contributed by atoms with Gasteiger partial charge in [-0.25, -0.2) is 4.79 Å². The largest absolute Gasteiger partial charge is 0.477 e. The topological polar surface area (TPSA) is 88.8 Å². The van der Waals surface area contributed by atoms with Crippen LogP contribution in [0.1, 0.15) is 34.8 Å². The van der Waals surface area contributed by atoms with Crippen LogP contribution in [0.4, 0.5) is 0 Å². The summed E-state index contributed by atoms with van der Waals surface area (Å²) < 4.78 is 7.05. The molecule has 0 amide bonds. The second kappa shape index (κ2) is 6.98. The van der Waals surface area contributed by atoms with Gasteiger partial charge in [0.05, 0.1) is 25.3 Å². The molecule has 0 spiro atoms. The Morgan fingerprint density at radius 3 is 2.83 bits per heavy atom. The van der Waals surface area contributed by atoms with Gasteiger partial charge in [0.2, 0.25) is 5.43 Å². The molecule has 1 saturated carbocycles. The molecule has 3 rings (SSSR count). The molecule has 1 aromatic carbocycles. The van der Waals surface area contributed by atoms with E-state index in [9.17, 15) is 14.7 Å². The SMILES string of the molecule is O=C(O)c1cn(C2CC2)c2ccc(/C=C/COCCO)cc2c1=O. The highest BCUT2D eigenvalue weighted by Crippen LogP contribution is 2.37. The van der Waals surface area contributed by atoms with E-state index in [0.29, 0.717) is 12.0 Å². The number of carboxylic acids is 1. The Hall–Kier alpha value is -2.44. The van der Waals surface area contributed by atoms with E-state index in [-0.39, 0.29) is 24.8 Å². The average Bonchev–Trinajstić information content (AvgIpc) is 3.40. The number of aromatic nitrogens is 1. The Labute approximate surface area is 138 Å². The molecule has 1 aliphatic carbocycles. The Morgan fingerprint density at radius 1 is 1.38 bits per heavy atom. The summed E-state index contributed by atoms with van der Waals surface area (Å²) in [6.45, 7) is 0.610. The predicted octanol–water partition coefficient (Wildman–Crippen LogP) is 2.06. The van der Waals surface area contributed by atoms with E-state index >= 15 is 0 Å². The molecule has 0 unspecified atom stereocenters. The number of aliphatic hydroxyl groups excluding tert-OH is 1. The van der Waals surface area contributed by atoms with Crippen molar-refractivity contribution in [1.29, 1.82) is 0 Å². The van der Waals surface area contributed by atoms with Crippen molar-refractivity contribution in [2.45, 2.75) is 18.9 Å². The first-order valence-corrected chi connectivity index (χ1v) is 7.89. The molecule has 24 heavy (non-hydrogen) atoms. The van der Waals surface area contributed by atoms with Gasteiger partial charge in [-0.05, 0) is 30.5 Å². The van der Waals surface area contributed by atoms with Crippen LogP contribution in [-0.2, 0) is 4.74 Å². The number of rotatable bonds is 7. The van der Waals surface area contributed by atoms with E-state index in [1.807, 2.05) is 22.8 Å². The number of fused-ring (bicyclic) bond motifs is 1. The van der Waals surface area contributed by atoms with Gasteiger partial charge < -0.3 is 19.5 Å². The number of nitrogens with zero attached hydrogens (tertiary/aromatic N) is 1. The van der Waals surface area contributed by atoms with Crippen molar-refractivity contribution in [3.63, 3.8) is 0 Å². The summed E-state index contributed by atoms with van der Waals surface area (Å²) >= 11 is 0. The van der Waals surface area contributed by atoms with Crippen LogP contribution in [-0.4, -0.2) is 40.6 Å². The van der Waals surface area contributed by atoms with Gasteiger partial charge in [-0.15, -0.1) is 0 Å². The number of ether oxygens (including phenoxy) is 1. The number of hydrogen-bond donors (Lipinski definition) is 2. The summed E-state index contributed by atoms with van der Waals surface area (Å²) in [4.78, 5) is 23.8. The minimum absolute atomic E-state index is 0.0253. The van der Waals surface area contributed by atoms with E-state index in [0.717, 1.165) is 23.9 Å². The Morgan fingerprint density at radius 2 is 2.17 bits per heavy atom. The number of carbonyl (C=O) groups is 1. The fraction of sp³-hybridized carbons (Fsp3) is 0.333. The first kappa shape index (κ1) is 16.4. The highest BCUT2D eigenvalue weighted by Gasteiger charge is 2.26. The monoisotopic (exact) mass is 329 g/mol. The molecule has 1 heterocycles. The maximum Gasteiger partial charge on any atom is 0.341 e. The van der Waals surface area contributed by atoms with Gasteiger partial charge in [-0.2, -0.15) is 0 Å². The van der Waals surface area contributed by atoms with Gasteiger partial charge in [-0.1, -0.05) is 18.2 Å². The quantitative estimate of drug-likeness (QED) is 0.759. The van der Waals surface area contributed by atoms with Crippen LogP contribution in [0.3, 0.4) is 0 Å². The number of hydrogen-bond acceptors (Lipinski definition) is 4. The minimum atomic E-state index is -1.20. The summed E-state index contributed by atoms with van der Waals surface area (Å²) in [6.07, 6.45) is 7.06. The lowest BCUT2D eigenvalue weighted by atomic mass is 10.1. The van der Waals surface area contributed by atoms with Crippen LogP contribution < -0.4 is 5.43 Å². The third kappa shape index (κ3) is 3.39. The molecule has 6 nitrogen and oxygen atoms in total. The van der Waals surface area contributed by atoms with Gasteiger partial charge in [0.25, 0.3) is 0 Å². The van der Waals surface area contributed by atoms with Crippen LogP contribution in [0.25, 0.3) is 17.0 Å². The lowest BCUT2D eigenvalue weighted by molar-refractivity contribution is 0.0695. The zero-order chi connectivity index (χ0) is 17.1. The molecule has 0 saturated heterocycles. The van der Waals surface area contributed by atoms with Gasteiger partial charge >= 0.3 is 5.97 Å². The highest BCUT2D eigenvalue weighted by atomic mass is 16.5. The molecular formula is C18H19NO5. The van der Waals surface area contributed by atoms with Crippen molar-refractivity contribution < 1.29 is 19.7 Å². The van der Waals surface area contributed by atoms with Crippen molar-refractivity contribution in [2.24, 2.45) is 0 Å². The van der Waals surface area contributed by atoms with E-state index in [4.69, 9.17) is 9.84 Å². The van der Waals surface area contributed by atoms with Crippen molar-refractivity contribution in [1.82, 2.24) is 4.57 Å². The molecule has 2 N–H and O–H groups in total.